The van der Waals surface area contributed by atoms with Crippen molar-refractivity contribution in [2.45, 2.75) is 0 Å². The zero-order valence-electron chi connectivity index (χ0n) is 12.1. The fourth-order valence-corrected chi connectivity index (χ4v) is 1.96. The molecule has 0 saturated heterocycles. The van der Waals surface area contributed by atoms with Crippen LogP contribution in [0.4, 0.5) is 10.1 Å². The van der Waals surface area contributed by atoms with Gasteiger partial charge in [-0.3, -0.25) is 4.79 Å². The fourth-order valence-electron chi connectivity index (χ4n) is 1.76. The number of esters is 1. The van der Waals surface area contributed by atoms with Gasteiger partial charge in [0.2, 0.25) is 0 Å². The molecule has 120 valence electrons. The molecule has 0 atom stereocenters. The van der Waals surface area contributed by atoms with Gasteiger partial charge in [0.25, 0.3) is 5.91 Å². The average molecular weight is 338 g/mol. The van der Waals surface area contributed by atoms with Crippen molar-refractivity contribution >= 4 is 29.2 Å². The highest BCUT2D eigenvalue weighted by molar-refractivity contribution is 6.33. The van der Waals surface area contributed by atoms with Gasteiger partial charge in [-0.05, 0) is 30.3 Å². The van der Waals surface area contributed by atoms with E-state index in [4.69, 9.17) is 21.1 Å². The molecule has 0 bridgehead atoms. The van der Waals surface area contributed by atoms with E-state index in [9.17, 15) is 14.0 Å². The molecule has 0 spiro atoms. The number of nitrogens with one attached hydrogen (secondary N) is 1. The molecule has 0 unspecified atom stereocenters. The van der Waals surface area contributed by atoms with Crippen molar-refractivity contribution < 1.29 is 23.5 Å². The smallest absolute Gasteiger partial charge is 0.340 e. The van der Waals surface area contributed by atoms with Crippen LogP contribution in [0.25, 0.3) is 0 Å². The third kappa shape index (κ3) is 4.69. The minimum Gasteiger partial charge on any atom is -0.497 e. The van der Waals surface area contributed by atoms with Gasteiger partial charge in [0.05, 0.1) is 17.7 Å². The van der Waals surface area contributed by atoms with Crippen molar-refractivity contribution in [3.05, 3.63) is 58.9 Å². The molecule has 0 fully saturated rings. The number of methoxy groups -OCH3 is 1. The van der Waals surface area contributed by atoms with Gasteiger partial charge in [0, 0.05) is 11.8 Å². The summed E-state index contributed by atoms with van der Waals surface area (Å²) in [5.74, 6) is -1.47. The Balaban J connectivity index is 1.93. The predicted molar refractivity (Wildman–Crippen MR) is 83.3 cm³/mol. The molecule has 1 N–H and O–H groups in total. The Morgan fingerprint density at radius 2 is 2.00 bits per heavy atom. The maximum absolute atomic E-state index is 13.1. The van der Waals surface area contributed by atoms with Crippen LogP contribution in [-0.2, 0) is 9.53 Å². The summed E-state index contributed by atoms with van der Waals surface area (Å²) in [4.78, 5) is 23.6. The first kappa shape index (κ1) is 16.8. The first-order valence-electron chi connectivity index (χ1n) is 6.55. The average Bonchev–Trinajstić information content (AvgIpc) is 2.55. The Kier molecular flexibility index (Phi) is 5.54. The summed E-state index contributed by atoms with van der Waals surface area (Å²) in [6, 6.07) is 10.0. The molecule has 2 rings (SSSR count). The number of rotatable bonds is 5. The van der Waals surface area contributed by atoms with Crippen molar-refractivity contribution in [1.29, 1.82) is 0 Å². The van der Waals surface area contributed by atoms with Crippen LogP contribution in [0.2, 0.25) is 5.02 Å². The van der Waals surface area contributed by atoms with E-state index >= 15 is 0 Å². The lowest BCUT2D eigenvalue weighted by molar-refractivity contribution is -0.119. The number of halogens is 2. The van der Waals surface area contributed by atoms with Crippen LogP contribution in [0, 0.1) is 5.82 Å². The lowest BCUT2D eigenvalue weighted by Gasteiger charge is -2.08. The number of amides is 1. The first-order valence-corrected chi connectivity index (χ1v) is 6.93. The molecule has 1 amide bonds. The highest BCUT2D eigenvalue weighted by atomic mass is 35.5. The van der Waals surface area contributed by atoms with Crippen LogP contribution in [0.1, 0.15) is 10.4 Å². The van der Waals surface area contributed by atoms with Gasteiger partial charge in [-0.25, -0.2) is 9.18 Å². The Morgan fingerprint density at radius 1 is 1.22 bits per heavy atom. The third-order valence-electron chi connectivity index (χ3n) is 2.84. The predicted octanol–water partition coefficient (Wildman–Crippen LogP) is 3.28. The Morgan fingerprint density at radius 3 is 2.74 bits per heavy atom. The van der Waals surface area contributed by atoms with Gasteiger partial charge < -0.3 is 14.8 Å². The summed E-state index contributed by atoms with van der Waals surface area (Å²) in [7, 11) is 1.51. The van der Waals surface area contributed by atoms with Gasteiger partial charge in [0.1, 0.15) is 11.6 Å². The molecule has 23 heavy (non-hydrogen) atoms. The molecule has 7 heteroatoms. The van der Waals surface area contributed by atoms with Crippen LogP contribution < -0.4 is 10.1 Å². The molecule has 0 aliphatic heterocycles. The van der Waals surface area contributed by atoms with E-state index in [1.807, 2.05) is 0 Å². The zero-order valence-corrected chi connectivity index (χ0v) is 12.9. The Labute approximate surface area is 137 Å². The van der Waals surface area contributed by atoms with E-state index in [1.54, 1.807) is 24.3 Å². The largest absolute Gasteiger partial charge is 0.497 e. The van der Waals surface area contributed by atoms with Crippen LogP contribution in [-0.4, -0.2) is 25.6 Å². The molecule has 0 heterocycles. The number of carbonyl (C=O) groups is 2. The molecular formula is C16H13ClFNO4. The molecule has 2 aromatic rings. The molecule has 0 saturated carbocycles. The van der Waals surface area contributed by atoms with Gasteiger partial charge >= 0.3 is 5.97 Å². The number of ether oxygens (including phenoxy) is 2. The number of hydrogen-bond donors (Lipinski definition) is 1. The van der Waals surface area contributed by atoms with Gasteiger partial charge in [-0.15, -0.1) is 0 Å². The summed E-state index contributed by atoms with van der Waals surface area (Å²) in [6.07, 6.45) is 0. The monoisotopic (exact) mass is 337 g/mol. The van der Waals surface area contributed by atoms with E-state index in [1.165, 1.54) is 13.2 Å². The maximum Gasteiger partial charge on any atom is 0.340 e. The van der Waals surface area contributed by atoms with Crippen LogP contribution in [0.5, 0.6) is 5.75 Å². The summed E-state index contributed by atoms with van der Waals surface area (Å²) in [5.41, 5.74) is 0.357. The lowest BCUT2D eigenvalue weighted by Crippen LogP contribution is -2.21. The zero-order chi connectivity index (χ0) is 16.8. The number of anilines is 1. The number of carbonyl (C=O) groups excluding carboxylic acids is 2. The second-order valence-corrected chi connectivity index (χ2v) is 4.89. The third-order valence-corrected chi connectivity index (χ3v) is 3.17. The van der Waals surface area contributed by atoms with Crippen molar-refractivity contribution in [2.24, 2.45) is 0 Å². The van der Waals surface area contributed by atoms with Crippen molar-refractivity contribution in [3.8, 4) is 5.75 Å². The molecule has 2 aromatic carbocycles. The minimum atomic E-state index is -0.879. The molecule has 0 aliphatic rings. The van der Waals surface area contributed by atoms with Gasteiger partial charge in [-0.1, -0.05) is 17.7 Å². The molecule has 0 aliphatic carbocycles. The second-order valence-electron chi connectivity index (χ2n) is 4.48. The summed E-state index contributed by atoms with van der Waals surface area (Å²) in [6.45, 7) is -0.525. The van der Waals surface area contributed by atoms with Crippen molar-refractivity contribution in [1.82, 2.24) is 0 Å². The number of benzene rings is 2. The SMILES string of the molecule is COc1cccc(NC(=O)COC(=O)c2cc(F)ccc2Cl)c1. The van der Waals surface area contributed by atoms with Gasteiger partial charge in [0.15, 0.2) is 6.61 Å². The summed E-state index contributed by atoms with van der Waals surface area (Å²) in [5, 5.41) is 2.59. The molecule has 0 aromatic heterocycles. The van der Waals surface area contributed by atoms with E-state index in [-0.39, 0.29) is 10.6 Å². The Hall–Kier alpha value is -2.60. The normalized spacial score (nSPS) is 10.0. The summed E-state index contributed by atoms with van der Waals surface area (Å²) >= 11 is 5.79. The molecule has 0 radical (unpaired) electrons. The second kappa shape index (κ2) is 7.60. The highest BCUT2D eigenvalue weighted by Gasteiger charge is 2.15. The lowest BCUT2D eigenvalue weighted by atomic mass is 10.2. The standard InChI is InChI=1S/C16H13ClFNO4/c1-22-12-4-2-3-11(8-12)19-15(20)9-23-16(21)13-7-10(18)5-6-14(13)17/h2-8H,9H2,1H3,(H,19,20). The quantitative estimate of drug-likeness (QED) is 0.850. The van der Waals surface area contributed by atoms with Crippen LogP contribution in [0.15, 0.2) is 42.5 Å². The maximum atomic E-state index is 13.1. The topological polar surface area (TPSA) is 64.6 Å². The minimum absolute atomic E-state index is 0.0459. The van der Waals surface area contributed by atoms with E-state index in [2.05, 4.69) is 5.32 Å². The van der Waals surface area contributed by atoms with Gasteiger partial charge in [-0.2, -0.15) is 0 Å². The van der Waals surface area contributed by atoms with Crippen molar-refractivity contribution in [3.63, 3.8) is 0 Å². The fraction of sp³-hybridized carbons (Fsp3) is 0.125. The van der Waals surface area contributed by atoms with E-state index in [0.717, 1.165) is 12.1 Å². The summed E-state index contributed by atoms with van der Waals surface area (Å²) < 4.78 is 23.0. The molecule has 5 nitrogen and oxygen atoms in total. The highest BCUT2D eigenvalue weighted by Crippen LogP contribution is 2.18. The first-order chi connectivity index (χ1) is 11.0. The number of hydrogen-bond acceptors (Lipinski definition) is 4. The Bertz CT molecular complexity index is 736. The van der Waals surface area contributed by atoms with Crippen molar-refractivity contribution in [2.75, 3.05) is 19.0 Å². The van der Waals surface area contributed by atoms with Crippen LogP contribution in [0.3, 0.4) is 0 Å². The van der Waals surface area contributed by atoms with E-state index < -0.39 is 24.3 Å². The molecular weight excluding hydrogens is 325 g/mol. The van der Waals surface area contributed by atoms with Crippen LogP contribution >= 0.6 is 11.6 Å². The van der Waals surface area contributed by atoms with E-state index in [0.29, 0.717) is 11.4 Å².